The molecule has 0 aromatic heterocycles. The number of carbonyl (C=O) groups is 2. The third-order valence-electron chi connectivity index (χ3n) is 4.71. The second-order valence-electron chi connectivity index (χ2n) is 7.97. The molecule has 0 unspecified atom stereocenters. The van der Waals surface area contributed by atoms with Crippen LogP contribution in [-0.4, -0.2) is 35.4 Å². The van der Waals surface area contributed by atoms with Crippen molar-refractivity contribution in [2.24, 2.45) is 0 Å². The summed E-state index contributed by atoms with van der Waals surface area (Å²) < 4.78 is 5.78. The quantitative estimate of drug-likeness (QED) is 0.545. The Morgan fingerprint density at radius 1 is 1.03 bits per heavy atom. The number of ether oxygens (including phenoxy) is 1. The van der Waals surface area contributed by atoms with Gasteiger partial charge in [0.1, 0.15) is 11.8 Å². The maximum Gasteiger partial charge on any atom is 0.261 e. The molecule has 31 heavy (non-hydrogen) atoms. The predicted octanol–water partition coefficient (Wildman–Crippen LogP) is 5.32. The molecule has 0 saturated carbocycles. The zero-order valence-electron chi connectivity index (χ0n) is 18.7. The lowest BCUT2D eigenvalue weighted by Crippen LogP contribution is -2.51. The highest BCUT2D eigenvalue weighted by molar-refractivity contribution is 6.42. The minimum Gasteiger partial charge on any atom is -0.484 e. The maximum absolute atomic E-state index is 13.2. The van der Waals surface area contributed by atoms with Crippen molar-refractivity contribution in [2.45, 2.75) is 59.7 Å². The van der Waals surface area contributed by atoms with Crippen LogP contribution in [0.5, 0.6) is 5.75 Å². The number of carbonyl (C=O) groups excluding carboxylic acids is 2. The Balaban J connectivity index is 2.26. The van der Waals surface area contributed by atoms with Gasteiger partial charge in [0, 0.05) is 12.6 Å². The van der Waals surface area contributed by atoms with E-state index >= 15 is 0 Å². The fourth-order valence-electron chi connectivity index (χ4n) is 3.38. The second-order valence-corrected chi connectivity index (χ2v) is 8.78. The van der Waals surface area contributed by atoms with E-state index in [4.69, 9.17) is 27.9 Å². The summed E-state index contributed by atoms with van der Waals surface area (Å²) in [6, 6.07) is 10.3. The number of aryl methyl sites for hydroxylation is 2. The lowest BCUT2D eigenvalue weighted by atomic mass is 10.1. The molecule has 0 aliphatic carbocycles. The molecule has 2 aromatic carbocycles. The normalized spacial score (nSPS) is 11.9. The van der Waals surface area contributed by atoms with Gasteiger partial charge in [-0.3, -0.25) is 9.59 Å². The predicted molar refractivity (Wildman–Crippen MR) is 126 cm³/mol. The van der Waals surface area contributed by atoms with Gasteiger partial charge in [-0.2, -0.15) is 0 Å². The van der Waals surface area contributed by atoms with Crippen molar-refractivity contribution in [1.82, 2.24) is 10.2 Å². The molecule has 7 heteroatoms. The summed E-state index contributed by atoms with van der Waals surface area (Å²) in [5.41, 5.74) is 2.89. The number of hydrogen-bond donors (Lipinski definition) is 1. The Morgan fingerprint density at radius 2 is 1.68 bits per heavy atom. The van der Waals surface area contributed by atoms with E-state index in [9.17, 15) is 9.59 Å². The van der Waals surface area contributed by atoms with Crippen LogP contribution in [0.15, 0.2) is 36.4 Å². The van der Waals surface area contributed by atoms with E-state index in [1.54, 1.807) is 23.1 Å². The Hall–Kier alpha value is -2.24. The average Bonchev–Trinajstić information content (AvgIpc) is 2.67. The van der Waals surface area contributed by atoms with Gasteiger partial charge in [0.25, 0.3) is 5.91 Å². The van der Waals surface area contributed by atoms with Crippen molar-refractivity contribution in [3.63, 3.8) is 0 Å². The molecular weight excluding hydrogens is 435 g/mol. The Bertz CT molecular complexity index is 911. The lowest BCUT2D eigenvalue weighted by Gasteiger charge is -2.31. The van der Waals surface area contributed by atoms with Gasteiger partial charge in [0.15, 0.2) is 6.61 Å². The number of nitrogens with zero attached hydrogens (tertiary/aromatic N) is 1. The molecule has 0 aliphatic rings. The zero-order valence-corrected chi connectivity index (χ0v) is 20.2. The molecule has 1 atom stereocenters. The fourth-order valence-corrected chi connectivity index (χ4v) is 3.70. The SMILES string of the molecule is CC[C@@H](C(=O)NC(C)C)N(Cc1ccc(Cl)c(Cl)c1)C(=O)COc1cc(C)cc(C)c1. The molecule has 0 aliphatic heterocycles. The summed E-state index contributed by atoms with van der Waals surface area (Å²) in [4.78, 5) is 27.5. The molecule has 1 N–H and O–H groups in total. The van der Waals surface area contributed by atoms with E-state index < -0.39 is 6.04 Å². The highest BCUT2D eigenvalue weighted by Gasteiger charge is 2.29. The minimum absolute atomic E-state index is 0.0324. The van der Waals surface area contributed by atoms with Crippen molar-refractivity contribution < 1.29 is 14.3 Å². The maximum atomic E-state index is 13.2. The third-order valence-corrected chi connectivity index (χ3v) is 5.45. The average molecular weight is 465 g/mol. The lowest BCUT2D eigenvalue weighted by molar-refractivity contribution is -0.143. The van der Waals surface area contributed by atoms with Crippen LogP contribution in [0.25, 0.3) is 0 Å². The third kappa shape index (κ3) is 7.44. The molecule has 5 nitrogen and oxygen atoms in total. The van der Waals surface area contributed by atoms with Crippen LogP contribution in [-0.2, 0) is 16.1 Å². The first-order valence-electron chi connectivity index (χ1n) is 10.4. The summed E-state index contributed by atoms with van der Waals surface area (Å²) in [5, 5.41) is 3.74. The van der Waals surface area contributed by atoms with Crippen molar-refractivity contribution in [3.05, 3.63) is 63.1 Å². The molecule has 0 bridgehead atoms. The van der Waals surface area contributed by atoms with E-state index in [1.165, 1.54) is 0 Å². The molecule has 0 heterocycles. The van der Waals surface area contributed by atoms with Gasteiger partial charge in [0.05, 0.1) is 10.0 Å². The Morgan fingerprint density at radius 3 is 2.23 bits per heavy atom. The van der Waals surface area contributed by atoms with E-state index in [0.29, 0.717) is 22.2 Å². The highest BCUT2D eigenvalue weighted by Crippen LogP contribution is 2.24. The van der Waals surface area contributed by atoms with E-state index in [0.717, 1.165) is 16.7 Å². The van der Waals surface area contributed by atoms with Crippen LogP contribution < -0.4 is 10.1 Å². The van der Waals surface area contributed by atoms with Crippen LogP contribution in [0.3, 0.4) is 0 Å². The van der Waals surface area contributed by atoms with Crippen molar-refractivity contribution in [1.29, 1.82) is 0 Å². The molecule has 0 saturated heterocycles. The number of nitrogens with one attached hydrogen (secondary N) is 1. The molecule has 2 rings (SSSR count). The number of halogens is 2. The van der Waals surface area contributed by atoms with E-state index in [2.05, 4.69) is 5.32 Å². The highest BCUT2D eigenvalue weighted by atomic mass is 35.5. The topological polar surface area (TPSA) is 58.6 Å². The molecular formula is C24H30Cl2N2O3. The van der Waals surface area contributed by atoms with Gasteiger partial charge in [-0.25, -0.2) is 0 Å². The number of amides is 2. The molecule has 168 valence electrons. The van der Waals surface area contributed by atoms with Crippen molar-refractivity contribution in [3.8, 4) is 5.75 Å². The van der Waals surface area contributed by atoms with E-state index in [1.807, 2.05) is 52.8 Å². The summed E-state index contributed by atoms with van der Waals surface area (Å²) >= 11 is 12.2. The van der Waals surface area contributed by atoms with Crippen LogP contribution >= 0.6 is 23.2 Å². The Kier molecular flexibility index (Phi) is 9.20. The van der Waals surface area contributed by atoms with Gasteiger partial charge >= 0.3 is 0 Å². The molecule has 2 amide bonds. The first-order valence-corrected chi connectivity index (χ1v) is 11.1. The zero-order chi connectivity index (χ0) is 23.1. The first-order chi connectivity index (χ1) is 14.6. The molecule has 2 aromatic rings. The van der Waals surface area contributed by atoms with Gasteiger partial charge in [-0.15, -0.1) is 0 Å². The van der Waals surface area contributed by atoms with Crippen molar-refractivity contribution >= 4 is 35.0 Å². The standard InChI is InChI=1S/C24H30Cl2N2O3/c1-6-22(24(30)27-15(2)3)28(13-18-7-8-20(25)21(26)12-18)23(29)14-31-19-10-16(4)9-17(5)11-19/h7-12,15,22H,6,13-14H2,1-5H3,(H,27,30)/t22-/m0/s1. The van der Waals surface area contributed by atoms with Crippen LogP contribution in [0.1, 0.15) is 43.9 Å². The van der Waals surface area contributed by atoms with Gasteiger partial charge in [-0.1, -0.05) is 42.3 Å². The Labute approximate surface area is 194 Å². The molecule has 0 fully saturated rings. The number of rotatable bonds is 9. The summed E-state index contributed by atoms with van der Waals surface area (Å²) in [5.74, 6) is 0.147. The summed E-state index contributed by atoms with van der Waals surface area (Å²) in [6.45, 7) is 9.65. The molecule has 0 radical (unpaired) electrons. The summed E-state index contributed by atoms with van der Waals surface area (Å²) in [7, 11) is 0. The van der Waals surface area contributed by atoms with Crippen LogP contribution in [0, 0.1) is 13.8 Å². The summed E-state index contributed by atoms with van der Waals surface area (Å²) in [6.07, 6.45) is 0.467. The molecule has 0 spiro atoms. The van der Waals surface area contributed by atoms with Crippen LogP contribution in [0.2, 0.25) is 10.0 Å². The minimum atomic E-state index is -0.632. The van der Waals surface area contributed by atoms with Crippen molar-refractivity contribution in [2.75, 3.05) is 6.61 Å². The first kappa shape index (κ1) is 25.0. The van der Waals surface area contributed by atoms with Gasteiger partial charge < -0.3 is 15.0 Å². The van der Waals surface area contributed by atoms with E-state index in [-0.39, 0.29) is 31.0 Å². The van der Waals surface area contributed by atoms with Crippen LogP contribution in [0.4, 0.5) is 0 Å². The van der Waals surface area contributed by atoms with Gasteiger partial charge in [-0.05, 0) is 75.1 Å². The number of hydrogen-bond acceptors (Lipinski definition) is 3. The second kappa shape index (κ2) is 11.4. The number of benzene rings is 2. The monoisotopic (exact) mass is 464 g/mol. The fraction of sp³-hybridized carbons (Fsp3) is 0.417. The smallest absolute Gasteiger partial charge is 0.261 e. The van der Waals surface area contributed by atoms with Gasteiger partial charge in [0.2, 0.25) is 5.91 Å². The largest absolute Gasteiger partial charge is 0.484 e.